The molecule has 1 saturated heterocycles. The van der Waals surface area contributed by atoms with E-state index >= 15 is 0 Å². The van der Waals surface area contributed by atoms with Gasteiger partial charge in [-0.3, -0.25) is 9.69 Å². The molecule has 0 bridgehead atoms. The molecule has 2 atom stereocenters. The lowest BCUT2D eigenvalue weighted by atomic mass is 10.0. The van der Waals surface area contributed by atoms with Crippen LogP contribution in [0.25, 0.3) is 0 Å². The van der Waals surface area contributed by atoms with Gasteiger partial charge in [0.05, 0.1) is 12.1 Å². The largest absolute Gasteiger partial charge is 0.390 e. The number of halogens is 1. The summed E-state index contributed by atoms with van der Waals surface area (Å²) in [5, 5.41) is 11.9. The zero-order valence-electron chi connectivity index (χ0n) is 16.7. The number of nitrogens with zero attached hydrogens (tertiary/aromatic N) is 2. The Kier molecular flexibility index (Phi) is 6.59. The maximum Gasteiger partial charge on any atom is 0.223 e. The van der Waals surface area contributed by atoms with Gasteiger partial charge < -0.3 is 10.0 Å². The summed E-state index contributed by atoms with van der Waals surface area (Å²) < 4.78 is 0. The third kappa shape index (κ3) is 4.39. The summed E-state index contributed by atoms with van der Waals surface area (Å²) in [6, 6.07) is 8.83. The zero-order chi connectivity index (χ0) is 19.5. The van der Waals surface area contributed by atoms with Gasteiger partial charge in [-0.25, -0.2) is 0 Å². The molecule has 1 N–H and O–H groups in total. The fourth-order valence-electron chi connectivity index (χ4n) is 5.58. The molecule has 0 radical (unpaired) electrons. The van der Waals surface area contributed by atoms with Gasteiger partial charge >= 0.3 is 0 Å². The molecule has 1 aromatic rings. The van der Waals surface area contributed by atoms with Gasteiger partial charge in [0.15, 0.2) is 0 Å². The van der Waals surface area contributed by atoms with Crippen LogP contribution < -0.4 is 0 Å². The van der Waals surface area contributed by atoms with E-state index in [2.05, 4.69) is 4.90 Å². The smallest absolute Gasteiger partial charge is 0.223 e. The van der Waals surface area contributed by atoms with E-state index in [9.17, 15) is 9.90 Å². The lowest BCUT2D eigenvalue weighted by molar-refractivity contribution is -0.131. The Labute approximate surface area is 173 Å². The van der Waals surface area contributed by atoms with Crippen molar-refractivity contribution in [3.8, 4) is 0 Å². The lowest BCUT2D eigenvalue weighted by Crippen LogP contribution is -2.51. The van der Waals surface area contributed by atoms with Crippen LogP contribution in [0.3, 0.4) is 0 Å². The summed E-state index contributed by atoms with van der Waals surface area (Å²) in [6.45, 7) is 1.19. The summed E-state index contributed by atoms with van der Waals surface area (Å²) in [5.74, 6) is 0.136. The first-order valence-corrected chi connectivity index (χ1v) is 11.5. The van der Waals surface area contributed by atoms with Crippen LogP contribution in [0.1, 0.15) is 69.8 Å². The van der Waals surface area contributed by atoms with Crippen LogP contribution in [0.4, 0.5) is 0 Å². The Morgan fingerprint density at radius 3 is 2.25 bits per heavy atom. The quantitative estimate of drug-likeness (QED) is 0.733. The summed E-state index contributed by atoms with van der Waals surface area (Å²) >= 11 is 6.33. The van der Waals surface area contributed by atoms with Crippen molar-refractivity contribution in [2.24, 2.45) is 0 Å². The standard InChI is InChI=1S/C23H33ClN2O2/c24-20-12-6-1-7-17(20)15-26-21(13-14-23(26)28)22(27)16-25(18-8-2-3-9-18)19-10-4-5-11-19/h1,6-7,12,18-19,21-22,27H,2-5,8-11,13-16H2/t21-,22-/m0/s1. The van der Waals surface area contributed by atoms with Crippen LogP contribution in [0.15, 0.2) is 24.3 Å². The molecule has 1 heterocycles. The van der Waals surface area contributed by atoms with Crippen molar-refractivity contribution >= 4 is 17.5 Å². The van der Waals surface area contributed by atoms with Crippen LogP contribution in [0, 0.1) is 0 Å². The Morgan fingerprint density at radius 1 is 1.04 bits per heavy atom. The molecule has 1 aliphatic heterocycles. The average Bonchev–Trinajstić information content (AvgIpc) is 3.45. The third-order valence-corrected chi connectivity index (χ3v) is 7.47. The Hall–Kier alpha value is -1.10. The number of carbonyl (C=O) groups is 1. The second-order valence-electron chi connectivity index (χ2n) is 8.86. The summed E-state index contributed by atoms with van der Waals surface area (Å²) in [7, 11) is 0. The van der Waals surface area contributed by atoms with E-state index in [-0.39, 0.29) is 11.9 Å². The van der Waals surface area contributed by atoms with Crippen LogP contribution in [-0.4, -0.2) is 51.6 Å². The number of carbonyl (C=O) groups excluding carboxylic acids is 1. The minimum atomic E-state index is -0.491. The van der Waals surface area contributed by atoms with Gasteiger partial charge in [-0.1, -0.05) is 55.5 Å². The van der Waals surface area contributed by atoms with Crippen molar-refractivity contribution in [3.63, 3.8) is 0 Å². The molecule has 3 fully saturated rings. The summed E-state index contributed by atoms with van der Waals surface area (Å²) in [4.78, 5) is 17.0. The van der Waals surface area contributed by atoms with Crippen molar-refractivity contribution in [3.05, 3.63) is 34.9 Å². The number of likely N-dealkylation sites (tertiary alicyclic amines) is 1. The van der Waals surface area contributed by atoms with E-state index < -0.39 is 6.10 Å². The van der Waals surface area contributed by atoms with Gasteiger partial charge in [0.1, 0.15) is 0 Å². The minimum Gasteiger partial charge on any atom is -0.390 e. The SMILES string of the molecule is O=C1CC[C@@H]([C@@H](O)CN(C2CCCC2)C2CCCC2)N1Cc1ccccc1Cl. The topological polar surface area (TPSA) is 43.8 Å². The van der Waals surface area contributed by atoms with Gasteiger partial charge in [-0.05, 0) is 43.7 Å². The van der Waals surface area contributed by atoms with E-state index in [1.165, 1.54) is 51.4 Å². The molecule has 2 aliphatic carbocycles. The van der Waals surface area contributed by atoms with Crippen molar-refractivity contribution in [1.29, 1.82) is 0 Å². The highest BCUT2D eigenvalue weighted by Crippen LogP contribution is 2.33. The van der Waals surface area contributed by atoms with Crippen LogP contribution >= 0.6 is 11.6 Å². The van der Waals surface area contributed by atoms with Gasteiger partial charge in [0.25, 0.3) is 0 Å². The molecule has 0 unspecified atom stereocenters. The van der Waals surface area contributed by atoms with E-state index in [0.717, 1.165) is 12.0 Å². The first-order valence-electron chi connectivity index (χ1n) is 11.1. The van der Waals surface area contributed by atoms with Crippen LogP contribution in [0.2, 0.25) is 5.02 Å². The Bertz CT molecular complexity index is 654. The Balaban J connectivity index is 1.46. The van der Waals surface area contributed by atoms with Crippen molar-refractivity contribution in [2.75, 3.05) is 6.54 Å². The number of amides is 1. The molecular formula is C23H33ClN2O2. The molecule has 1 amide bonds. The molecule has 4 rings (SSSR count). The predicted octanol–water partition coefficient (Wildman–Crippen LogP) is 4.38. The number of aliphatic hydroxyl groups is 1. The molecule has 3 aliphatic rings. The zero-order valence-corrected chi connectivity index (χ0v) is 17.5. The second kappa shape index (κ2) is 9.15. The maximum atomic E-state index is 12.6. The highest BCUT2D eigenvalue weighted by molar-refractivity contribution is 6.31. The average molecular weight is 405 g/mol. The first-order chi connectivity index (χ1) is 13.6. The van der Waals surface area contributed by atoms with Gasteiger partial charge in [-0.15, -0.1) is 0 Å². The lowest BCUT2D eigenvalue weighted by Gasteiger charge is -2.38. The van der Waals surface area contributed by atoms with Gasteiger partial charge in [0.2, 0.25) is 5.91 Å². The molecular weight excluding hydrogens is 372 g/mol. The summed E-state index contributed by atoms with van der Waals surface area (Å²) in [5.41, 5.74) is 0.958. The molecule has 0 spiro atoms. The van der Waals surface area contributed by atoms with Gasteiger partial charge in [-0.2, -0.15) is 0 Å². The monoisotopic (exact) mass is 404 g/mol. The van der Waals surface area contributed by atoms with E-state index in [1.807, 2.05) is 29.2 Å². The normalized spacial score (nSPS) is 25.3. The minimum absolute atomic E-state index is 0.103. The number of rotatable bonds is 7. The fourth-order valence-corrected chi connectivity index (χ4v) is 5.77. The first kappa shape index (κ1) is 20.2. The number of benzene rings is 1. The fraction of sp³-hybridized carbons (Fsp3) is 0.696. The molecule has 1 aromatic carbocycles. The Morgan fingerprint density at radius 2 is 1.64 bits per heavy atom. The van der Waals surface area contributed by atoms with Crippen molar-refractivity contribution in [2.45, 2.75) is 95.0 Å². The highest BCUT2D eigenvalue weighted by atomic mass is 35.5. The summed E-state index contributed by atoms with van der Waals surface area (Å²) in [6.07, 6.45) is 11.1. The molecule has 5 heteroatoms. The molecule has 4 nitrogen and oxygen atoms in total. The molecule has 0 aromatic heterocycles. The van der Waals surface area contributed by atoms with Crippen LogP contribution in [-0.2, 0) is 11.3 Å². The number of hydrogen-bond acceptors (Lipinski definition) is 3. The van der Waals surface area contributed by atoms with Gasteiger partial charge in [0, 0.05) is 36.6 Å². The molecule has 154 valence electrons. The van der Waals surface area contributed by atoms with E-state index in [4.69, 9.17) is 11.6 Å². The number of hydrogen-bond donors (Lipinski definition) is 1. The van der Waals surface area contributed by atoms with Crippen molar-refractivity contribution in [1.82, 2.24) is 9.80 Å². The maximum absolute atomic E-state index is 12.6. The third-order valence-electron chi connectivity index (χ3n) is 7.10. The van der Waals surface area contributed by atoms with Crippen molar-refractivity contribution < 1.29 is 9.90 Å². The highest BCUT2D eigenvalue weighted by Gasteiger charge is 2.39. The predicted molar refractivity (Wildman–Crippen MR) is 112 cm³/mol. The van der Waals surface area contributed by atoms with E-state index in [1.54, 1.807) is 0 Å². The van der Waals surface area contributed by atoms with E-state index in [0.29, 0.717) is 36.6 Å². The molecule has 28 heavy (non-hydrogen) atoms. The molecule has 2 saturated carbocycles. The number of aliphatic hydroxyl groups excluding tert-OH is 1. The van der Waals surface area contributed by atoms with Crippen LogP contribution in [0.5, 0.6) is 0 Å². The second-order valence-corrected chi connectivity index (χ2v) is 9.27.